The fourth-order valence-corrected chi connectivity index (χ4v) is 4.24. The summed E-state index contributed by atoms with van der Waals surface area (Å²) in [5, 5.41) is 8.49. The van der Waals surface area contributed by atoms with Gasteiger partial charge in [0.2, 0.25) is 0 Å². The van der Waals surface area contributed by atoms with Gasteiger partial charge >= 0.3 is 0 Å². The lowest BCUT2D eigenvalue weighted by Gasteiger charge is -2.34. The number of aromatic amines is 1. The summed E-state index contributed by atoms with van der Waals surface area (Å²) < 4.78 is 0. The molecule has 1 aliphatic heterocycles. The molecule has 1 aliphatic rings. The van der Waals surface area contributed by atoms with Crippen LogP contribution in [0.4, 0.5) is 5.69 Å². The predicted molar refractivity (Wildman–Crippen MR) is 132 cm³/mol. The molecule has 7 heteroatoms. The van der Waals surface area contributed by atoms with Crippen LogP contribution in [-0.2, 0) is 0 Å². The van der Waals surface area contributed by atoms with Crippen molar-refractivity contribution in [1.82, 2.24) is 25.0 Å². The number of benzene rings is 2. The second-order valence-electron chi connectivity index (χ2n) is 8.81. The van der Waals surface area contributed by atoms with E-state index in [-0.39, 0.29) is 5.91 Å². The van der Waals surface area contributed by atoms with Crippen LogP contribution in [0, 0.1) is 0 Å². The molecular weight excluding hydrogens is 412 g/mol. The number of nitrogens with zero attached hydrogens (tertiary/aromatic N) is 5. The Morgan fingerprint density at radius 2 is 1.58 bits per heavy atom. The van der Waals surface area contributed by atoms with Gasteiger partial charge in [-0.05, 0) is 42.9 Å². The van der Waals surface area contributed by atoms with Crippen LogP contribution in [0.15, 0.2) is 60.8 Å². The number of hydrogen-bond acceptors (Lipinski definition) is 5. The van der Waals surface area contributed by atoms with E-state index in [0.29, 0.717) is 5.56 Å². The largest absolute Gasteiger partial charge is 0.369 e. The first-order chi connectivity index (χ1) is 16.0. The number of carbonyl (C=O) groups excluding carboxylic acids is 1. The zero-order valence-corrected chi connectivity index (χ0v) is 19.2. The van der Waals surface area contributed by atoms with E-state index in [0.717, 1.165) is 59.6 Å². The van der Waals surface area contributed by atoms with Crippen molar-refractivity contribution in [2.75, 3.05) is 52.2 Å². The third kappa shape index (κ3) is 4.19. The SMILES string of the molecule is CN1CCN(c2ccc(-c3cnc4[nH]nc(-c5ccc(C(=O)N(C)C)cc5)c4c3)cc2)CC1. The number of H-pyrrole nitrogens is 1. The summed E-state index contributed by atoms with van der Waals surface area (Å²) in [5.41, 5.74) is 6.62. The maximum Gasteiger partial charge on any atom is 0.253 e. The van der Waals surface area contributed by atoms with E-state index in [2.05, 4.69) is 62.4 Å². The van der Waals surface area contributed by atoms with Crippen LogP contribution < -0.4 is 4.90 Å². The number of nitrogens with one attached hydrogen (secondary N) is 1. The van der Waals surface area contributed by atoms with E-state index in [9.17, 15) is 4.79 Å². The number of piperazine rings is 1. The van der Waals surface area contributed by atoms with Crippen LogP contribution in [-0.4, -0.2) is 78.2 Å². The standard InChI is InChI=1S/C26H28N6O/c1-30(2)26(33)20-6-4-19(5-7-20)24-23-16-21(17-27-25(23)29-28-24)18-8-10-22(11-9-18)32-14-12-31(3)13-15-32/h4-11,16-17H,12-15H2,1-3H3,(H,27,28,29). The zero-order valence-electron chi connectivity index (χ0n) is 19.2. The van der Waals surface area contributed by atoms with Gasteiger partial charge in [0.25, 0.3) is 5.91 Å². The Labute approximate surface area is 193 Å². The van der Waals surface area contributed by atoms with Gasteiger partial charge in [0.15, 0.2) is 5.65 Å². The Morgan fingerprint density at radius 1 is 0.909 bits per heavy atom. The summed E-state index contributed by atoms with van der Waals surface area (Å²) >= 11 is 0. The molecule has 0 bridgehead atoms. The van der Waals surface area contributed by atoms with Gasteiger partial charge in [0.05, 0.1) is 0 Å². The molecule has 5 rings (SSSR count). The second-order valence-corrected chi connectivity index (χ2v) is 8.81. The highest BCUT2D eigenvalue weighted by Crippen LogP contribution is 2.30. The maximum absolute atomic E-state index is 12.2. The van der Waals surface area contributed by atoms with Gasteiger partial charge in [-0.15, -0.1) is 0 Å². The number of pyridine rings is 1. The molecule has 1 fully saturated rings. The number of fused-ring (bicyclic) bond motifs is 1. The Hall–Kier alpha value is -3.71. The molecule has 3 heterocycles. The summed E-state index contributed by atoms with van der Waals surface area (Å²) in [7, 11) is 5.68. The molecule has 0 aliphatic carbocycles. The lowest BCUT2D eigenvalue weighted by molar-refractivity contribution is 0.0827. The number of rotatable bonds is 4. The molecule has 0 saturated carbocycles. The Morgan fingerprint density at radius 3 is 2.24 bits per heavy atom. The number of carbonyl (C=O) groups is 1. The maximum atomic E-state index is 12.2. The fraction of sp³-hybridized carbons (Fsp3) is 0.269. The van der Waals surface area contributed by atoms with Crippen LogP contribution in [0.5, 0.6) is 0 Å². The molecule has 4 aromatic rings. The lowest BCUT2D eigenvalue weighted by Crippen LogP contribution is -2.44. The van der Waals surface area contributed by atoms with Crippen molar-refractivity contribution in [3.8, 4) is 22.4 Å². The molecule has 2 aromatic carbocycles. The minimum atomic E-state index is -0.0163. The molecule has 0 spiro atoms. The van der Waals surface area contributed by atoms with E-state index < -0.39 is 0 Å². The van der Waals surface area contributed by atoms with Gasteiger partial charge in [-0.25, -0.2) is 4.98 Å². The monoisotopic (exact) mass is 440 g/mol. The summed E-state index contributed by atoms with van der Waals surface area (Å²) in [6.45, 7) is 4.30. The van der Waals surface area contributed by atoms with Crippen molar-refractivity contribution in [1.29, 1.82) is 0 Å². The molecule has 0 atom stereocenters. The first kappa shape index (κ1) is 21.2. The molecule has 7 nitrogen and oxygen atoms in total. The van der Waals surface area contributed by atoms with Gasteiger partial charge < -0.3 is 14.7 Å². The fourth-order valence-electron chi connectivity index (χ4n) is 4.24. The summed E-state index contributed by atoms with van der Waals surface area (Å²) in [4.78, 5) is 23.2. The number of aromatic nitrogens is 3. The first-order valence-corrected chi connectivity index (χ1v) is 11.2. The van der Waals surface area contributed by atoms with Crippen molar-refractivity contribution < 1.29 is 4.79 Å². The second kappa shape index (κ2) is 8.67. The summed E-state index contributed by atoms with van der Waals surface area (Å²) in [6.07, 6.45) is 1.88. The number of hydrogen-bond donors (Lipinski definition) is 1. The van der Waals surface area contributed by atoms with Crippen LogP contribution in [0.3, 0.4) is 0 Å². The van der Waals surface area contributed by atoms with Gasteiger partial charge in [-0.1, -0.05) is 24.3 Å². The highest BCUT2D eigenvalue weighted by Gasteiger charge is 2.15. The van der Waals surface area contributed by atoms with E-state index >= 15 is 0 Å². The quantitative estimate of drug-likeness (QED) is 0.524. The van der Waals surface area contributed by atoms with Gasteiger partial charge in [0.1, 0.15) is 5.69 Å². The molecule has 0 unspecified atom stereocenters. The van der Waals surface area contributed by atoms with Crippen molar-refractivity contribution in [2.45, 2.75) is 0 Å². The topological polar surface area (TPSA) is 68.4 Å². The highest BCUT2D eigenvalue weighted by atomic mass is 16.2. The number of amides is 1. The Balaban J connectivity index is 1.42. The third-order valence-electron chi connectivity index (χ3n) is 6.30. The average molecular weight is 441 g/mol. The zero-order chi connectivity index (χ0) is 22.9. The molecule has 33 heavy (non-hydrogen) atoms. The van der Waals surface area contributed by atoms with Crippen molar-refractivity contribution in [3.63, 3.8) is 0 Å². The van der Waals surface area contributed by atoms with Crippen LogP contribution >= 0.6 is 0 Å². The van der Waals surface area contributed by atoms with E-state index in [1.807, 2.05) is 30.5 Å². The average Bonchev–Trinajstić information content (AvgIpc) is 3.27. The minimum Gasteiger partial charge on any atom is -0.369 e. The summed E-state index contributed by atoms with van der Waals surface area (Å²) in [6, 6.07) is 18.4. The van der Waals surface area contributed by atoms with Crippen LogP contribution in [0.25, 0.3) is 33.4 Å². The van der Waals surface area contributed by atoms with Gasteiger partial charge in [0, 0.05) is 74.2 Å². The number of anilines is 1. The predicted octanol–water partition coefficient (Wildman–Crippen LogP) is 3.75. The van der Waals surface area contributed by atoms with E-state index in [1.54, 1.807) is 19.0 Å². The minimum absolute atomic E-state index is 0.0163. The van der Waals surface area contributed by atoms with Gasteiger partial charge in [-0.2, -0.15) is 5.10 Å². The van der Waals surface area contributed by atoms with Crippen molar-refractivity contribution in [2.24, 2.45) is 0 Å². The Kier molecular flexibility index (Phi) is 5.56. The smallest absolute Gasteiger partial charge is 0.253 e. The summed E-state index contributed by atoms with van der Waals surface area (Å²) in [5.74, 6) is -0.0163. The molecule has 1 N–H and O–H groups in total. The highest BCUT2D eigenvalue weighted by molar-refractivity contribution is 5.96. The van der Waals surface area contributed by atoms with Gasteiger partial charge in [-0.3, -0.25) is 9.89 Å². The Bertz CT molecular complexity index is 1270. The molecule has 0 radical (unpaired) electrons. The molecule has 1 saturated heterocycles. The lowest BCUT2D eigenvalue weighted by atomic mass is 10.0. The van der Waals surface area contributed by atoms with E-state index in [4.69, 9.17) is 0 Å². The van der Waals surface area contributed by atoms with Crippen LogP contribution in [0.1, 0.15) is 10.4 Å². The molecule has 1 amide bonds. The molecule has 168 valence electrons. The van der Waals surface area contributed by atoms with E-state index in [1.165, 1.54) is 5.69 Å². The van der Waals surface area contributed by atoms with Crippen LogP contribution in [0.2, 0.25) is 0 Å². The first-order valence-electron chi connectivity index (χ1n) is 11.2. The van der Waals surface area contributed by atoms with Crippen molar-refractivity contribution >= 4 is 22.6 Å². The normalized spacial score (nSPS) is 14.6. The molecule has 2 aromatic heterocycles. The van der Waals surface area contributed by atoms with Crippen molar-refractivity contribution in [3.05, 3.63) is 66.4 Å². The third-order valence-corrected chi connectivity index (χ3v) is 6.30. The number of likely N-dealkylation sites (N-methyl/N-ethyl adjacent to an activating group) is 1. The molecular formula is C26H28N6O.